The highest BCUT2D eigenvalue weighted by Gasteiger charge is 2.23. The molecule has 9 heteroatoms. The number of carbonyl (C=O) groups excluding carboxylic acids is 2. The topological polar surface area (TPSA) is 62.7 Å². The molecule has 1 aliphatic rings. The van der Waals surface area contributed by atoms with Gasteiger partial charge < -0.3 is 14.5 Å². The van der Waals surface area contributed by atoms with E-state index in [4.69, 9.17) is 16.3 Å². The number of hydrogen-bond acceptors (Lipinski definition) is 7. The first-order valence-electron chi connectivity index (χ1n) is 10.5. The van der Waals surface area contributed by atoms with E-state index in [9.17, 15) is 9.59 Å². The van der Waals surface area contributed by atoms with Crippen LogP contribution in [0.4, 0.5) is 5.69 Å². The number of benzene rings is 2. The lowest BCUT2D eigenvalue weighted by Gasteiger charge is -2.36. The molecule has 0 saturated carbocycles. The number of aromatic nitrogens is 1. The Kier molecular flexibility index (Phi) is 7.90. The molecule has 1 aliphatic heterocycles. The molecule has 4 rings (SSSR count). The van der Waals surface area contributed by atoms with Gasteiger partial charge in [-0.15, -0.1) is 11.3 Å². The van der Waals surface area contributed by atoms with Crippen LogP contribution in [0.5, 0.6) is 5.75 Å². The van der Waals surface area contributed by atoms with Crippen LogP contribution in [0.1, 0.15) is 16.1 Å². The van der Waals surface area contributed by atoms with Crippen molar-refractivity contribution in [1.82, 2.24) is 9.88 Å². The number of ketones is 1. The number of ether oxygens (including phenoxy) is 1. The second-order valence-electron chi connectivity index (χ2n) is 7.54. The van der Waals surface area contributed by atoms with Crippen LogP contribution in [0.3, 0.4) is 0 Å². The molecule has 0 radical (unpaired) electrons. The number of rotatable bonds is 8. The number of methoxy groups -OCH3 is 1. The molecule has 1 fully saturated rings. The first-order valence-corrected chi connectivity index (χ1v) is 12.8. The zero-order valence-corrected chi connectivity index (χ0v) is 20.6. The van der Waals surface area contributed by atoms with Crippen LogP contribution in [0.15, 0.2) is 58.3 Å². The van der Waals surface area contributed by atoms with Gasteiger partial charge >= 0.3 is 0 Å². The highest BCUT2D eigenvalue weighted by molar-refractivity contribution is 8.01. The lowest BCUT2D eigenvalue weighted by Crippen LogP contribution is -2.49. The monoisotopic (exact) mass is 501 g/mol. The largest absolute Gasteiger partial charge is 0.497 e. The minimum atomic E-state index is 0.0341. The average Bonchev–Trinajstić information content (AvgIpc) is 3.30. The van der Waals surface area contributed by atoms with E-state index >= 15 is 0 Å². The van der Waals surface area contributed by atoms with E-state index in [-0.39, 0.29) is 18.1 Å². The maximum absolute atomic E-state index is 12.8. The highest BCUT2D eigenvalue weighted by atomic mass is 35.5. The molecule has 0 aliphatic carbocycles. The van der Waals surface area contributed by atoms with Gasteiger partial charge in [-0.05, 0) is 36.4 Å². The Morgan fingerprint density at radius 1 is 1.09 bits per heavy atom. The zero-order chi connectivity index (χ0) is 23.2. The van der Waals surface area contributed by atoms with Crippen molar-refractivity contribution in [2.45, 2.75) is 10.8 Å². The number of amides is 1. The van der Waals surface area contributed by atoms with Crippen LogP contribution in [0.25, 0.3) is 0 Å². The van der Waals surface area contributed by atoms with Crippen molar-refractivity contribution in [2.75, 3.05) is 43.9 Å². The molecule has 1 aromatic heterocycles. The van der Waals surface area contributed by atoms with Gasteiger partial charge in [0, 0.05) is 37.1 Å². The van der Waals surface area contributed by atoms with E-state index in [1.807, 2.05) is 34.5 Å². The van der Waals surface area contributed by atoms with Crippen LogP contribution in [0, 0.1) is 0 Å². The number of piperazine rings is 1. The SMILES string of the molecule is COc1ccc(C(=O)CSc2nc(CC(=O)N3CCN(c4ccccc4Cl)CC3)cs2)cc1. The zero-order valence-electron chi connectivity index (χ0n) is 18.2. The fraction of sp³-hybridized carbons (Fsp3) is 0.292. The molecule has 0 unspecified atom stereocenters. The second kappa shape index (κ2) is 11.0. The number of hydrogen-bond donors (Lipinski definition) is 0. The molecule has 2 aromatic carbocycles. The molecule has 172 valence electrons. The predicted molar refractivity (Wildman–Crippen MR) is 134 cm³/mol. The number of anilines is 1. The van der Waals surface area contributed by atoms with Gasteiger partial charge in [0.1, 0.15) is 5.75 Å². The van der Waals surface area contributed by atoms with Crippen LogP contribution in [-0.2, 0) is 11.2 Å². The molecular formula is C24H24ClN3O3S2. The van der Waals surface area contributed by atoms with Crippen LogP contribution >= 0.6 is 34.7 Å². The standard InChI is InChI=1S/C24H24ClN3O3S2/c1-31-19-8-6-17(7-9-19)22(29)16-33-24-26-18(15-32-24)14-23(30)28-12-10-27(11-13-28)21-5-3-2-4-20(21)25/h2-9,15H,10-14,16H2,1H3. The molecule has 0 spiro atoms. The average molecular weight is 502 g/mol. The van der Waals surface area contributed by atoms with Gasteiger partial charge in [-0.2, -0.15) is 0 Å². The van der Waals surface area contributed by atoms with Crippen molar-refractivity contribution in [3.05, 3.63) is 70.2 Å². The minimum absolute atomic E-state index is 0.0341. The molecule has 2 heterocycles. The molecule has 1 saturated heterocycles. The molecule has 6 nitrogen and oxygen atoms in total. The molecule has 0 atom stereocenters. The fourth-order valence-corrected chi connectivity index (χ4v) is 5.59. The number of Topliss-reactive ketones (excluding diaryl/α,β-unsaturated/α-hetero) is 1. The van der Waals surface area contributed by atoms with Crippen LogP contribution < -0.4 is 9.64 Å². The maximum Gasteiger partial charge on any atom is 0.228 e. The van der Waals surface area contributed by atoms with Crippen molar-refractivity contribution in [1.29, 1.82) is 0 Å². The lowest BCUT2D eigenvalue weighted by atomic mass is 10.1. The summed E-state index contributed by atoms with van der Waals surface area (Å²) in [6, 6.07) is 14.9. The third kappa shape index (κ3) is 6.07. The van der Waals surface area contributed by atoms with Crippen molar-refractivity contribution in [3.8, 4) is 5.75 Å². The quantitative estimate of drug-likeness (QED) is 0.330. The summed E-state index contributed by atoms with van der Waals surface area (Å²) in [6.07, 6.45) is 0.273. The van der Waals surface area contributed by atoms with Gasteiger partial charge in [0.2, 0.25) is 5.91 Å². The molecule has 0 bridgehead atoms. The van der Waals surface area contributed by atoms with Gasteiger partial charge in [0.05, 0.1) is 35.7 Å². The lowest BCUT2D eigenvalue weighted by molar-refractivity contribution is -0.130. The van der Waals surface area contributed by atoms with Gasteiger partial charge in [-0.3, -0.25) is 9.59 Å². The van der Waals surface area contributed by atoms with Gasteiger partial charge in [0.15, 0.2) is 10.1 Å². The third-order valence-corrected chi connectivity index (χ3v) is 7.82. The Hall–Kier alpha value is -2.55. The number of thiazole rings is 1. The number of carbonyl (C=O) groups is 2. The minimum Gasteiger partial charge on any atom is -0.497 e. The normalized spacial score (nSPS) is 13.8. The number of halogens is 1. The Bertz CT molecular complexity index is 1110. The van der Waals surface area contributed by atoms with Crippen molar-refractivity contribution in [3.63, 3.8) is 0 Å². The smallest absolute Gasteiger partial charge is 0.228 e. The summed E-state index contributed by atoms with van der Waals surface area (Å²) < 4.78 is 5.92. The summed E-state index contributed by atoms with van der Waals surface area (Å²) in [4.78, 5) is 33.8. The van der Waals surface area contributed by atoms with E-state index in [2.05, 4.69) is 9.88 Å². The number of thioether (sulfide) groups is 1. The van der Waals surface area contributed by atoms with Gasteiger partial charge in [-0.25, -0.2) is 4.98 Å². The third-order valence-electron chi connectivity index (χ3n) is 5.43. The fourth-order valence-electron chi connectivity index (χ4n) is 3.60. The molecule has 0 N–H and O–H groups in total. The Labute approximate surface area is 206 Å². The molecule has 3 aromatic rings. The molecule has 1 amide bonds. The van der Waals surface area contributed by atoms with Gasteiger partial charge in [0.25, 0.3) is 0 Å². The van der Waals surface area contributed by atoms with E-state index < -0.39 is 0 Å². The van der Waals surface area contributed by atoms with Gasteiger partial charge in [-0.1, -0.05) is 35.5 Å². The number of nitrogens with zero attached hydrogens (tertiary/aromatic N) is 3. The summed E-state index contributed by atoms with van der Waals surface area (Å²) in [7, 11) is 1.60. The Morgan fingerprint density at radius 2 is 1.82 bits per heavy atom. The number of para-hydroxylation sites is 1. The molecular weight excluding hydrogens is 478 g/mol. The van der Waals surface area contributed by atoms with Crippen molar-refractivity contribution >= 4 is 52.1 Å². The summed E-state index contributed by atoms with van der Waals surface area (Å²) in [5.74, 6) is 1.13. The first-order chi connectivity index (χ1) is 16.0. The van der Waals surface area contributed by atoms with Crippen molar-refractivity contribution in [2.24, 2.45) is 0 Å². The van der Waals surface area contributed by atoms with E-state index in [1.165, 1.54) is 23.1 Å². The van der Waals surface area contributed by atoms with Crippen LogP contribution in [-0.4, -0.2) is 60.6 Å². The first kappa shape index (κ1) is 23.6. The van der Waals surface area contributed by atoms with E-state index in [0.717, 1.165) is 39.6 Å². The summed E-state index contributed by atoms with van der Waals surface area (Å²) in [6.45, 7) is 2.82. The molecule has 33 heavy (non-hydrogen) atoms. The summed E-state index contributed by atoms with van der Waals surface area (Å²) >= 11 is 9.17. The Balaban J connectivity index is 1.25. The van der Waals surface area contributed by atoms with E-state index in [1.54, 1.807) is 31.4 Å². The van der Waals surface area contributed by atoms with Crippen molar-refractivity contribution < 1.29 is 14.3 Å². The predicted octanol–water partition coefficient (Wildman–Crippen LogP) is 4.67. The summed E-state index contributed by atoms with van der Waals surface area (Å²) in [5.41, 5.74) is 2.40. The highest BCUT2D eigenvalue weighted by Crippen LogP contribution is 2.27. The van der Waals surface area contributed by atoms with Crippen LogP contribution in [0.2, 0.25) is 5.02 Å². The van der Waals surface area contributed by atoms with E-state index in [0.29, 0.717) is 24.4 Å². The summed E-state index contributed by atoms with van der Waals surface area (Å²) in [5, 5.41) is 2.63. The Morgan fingerprint density at radius 3 is 2.52 bits per heavy atom. The second-order valence-corrected chi connectivity index (χ2v) is 10.0. The maximum atomic E-state index is 12.8.